The lowest BCUT2D eigenvalue weighted by Gasteiger charge is -2.01. The van der Waals surface area contributed by atoms with Gasteiger partial charge in [0.15, 0.2) is 5.71 Å². The van der Waals surface area contributed by atoms with E-state index in [4.69, 9.17) is 27.0 Å². The van der Waals surface area contributed by atoms with Crippen LogP contribution in [0.4, 0.5) is 0 Å². The topological polar surface area (TPSA) is 90.1 Å². The van der Waals surface area contributed by atoms with Crippen molar-refractivity contribution in [2.24, 2.45) is 5.16 Å². The minimum atomic E-state index is -1.38. The molecule has 0 aromatic heterocycles. The Balaban J connectivity index is 3.20. The standard InChI is InChI=1S/C8H6ClNO4/c9-5-3-4(1-2-6(5)11)7(10-14)8(12)13/h1-3,11,14H,(H,12,13). The Hall–Kier alpha value is -1.75. The van der Waals surface area contributed by atoms with Gasteiger partial charge in [0.25, 0.3) is 0 Å². The fourth-order valence-corrected chi connectivity index (χ4v) is 1.06. The summed E-state index contributed by atoms with van der Waals surface area (Å²) in [6.45, 7) is 0. The van der Waals surface area contributed by atoms with Crippen LogP contribution in [0.3, 0.4) is 0 Å². The van der Waals surface area contributed by atoms with E-state index in [9.17, 15) is 4.79 Å². The van der Waals surface area contributed by atoms with Crippen LogP contribution in [0.2, 0.25) is 5.02 Å². The number of nitrogens with zero attached hydrogens (tertiary/aromatic N) is 1. The van der Waals surface area contributed by atoms with Gasteiger partial charge in [0.1, 0.15) is 5.75 Å². The Bertz CT molecular complexity index is 402. The SMILES string of the molecule is O=C(O)C(=NO)c1ccc(O)c(Cl)c1. The molecule has 0 atom stereocenters. The number of benzene rings is 1. The van der Waals surface area contributed by atoms with E-state index in [1.54, 1.807) is 0 Å². The summed E-state index contributed by atoms with van der Waals surface area (Å²) in [4.78, 5) is 10.5. The Morgan fingerprint density at radius 3 is 2.50 bits per heavy atom. The van der Waals surface area contributed by atoms with Crippen LogP contribution in [0.25, 0.3) is 0 Å². The number of phenolic OH excluding ortho intramolecular Hbond substituents is 1. The summed E-state index contributed by atoms with van der Waals surface area (Å²) < 4.78 is 0. The minimum Gasteiger partial charge on any atom is -0.506 e. The first-order valence-electron chi connectivity index (χ1n) is 3.50. The molecule has 0 spiro atoms. The minimum absolute atomic E-state index is 0.00935. The molecule has 14 heavy (non-hydrogen) atoms. The smallest absolute Gasteiger partial charge is 0.358 e. The quantitative estimate of drug-likeness (QED) is 0.394. The highest BCUT2D eigenvalue weighted by Gasteiger charge is 2.14. The molecule has 1 aromatic carbocycles. The average Bonchev–Trinajstić information content (AvgIpc) is 2.11. The van der Waals surface area contributed by atoms with Gasteiger partial charge in [-0.05, 0) is 18.2 Å². The van der Waals surface area contributed by atoms with Gasteiger partial charge in [0.2, 0.25) is 0 Å². The highest BCUT2D eigenvalue weighted by molar-refractivity contribution is 6.43. The van der Waals surface area contributed by atoms with E-state index in [1.807, 2.05) is 0 Å². The number of hydrogen-bond acceptors (Lipinski definition) is 4. The Morgan fingerprint density at radius 2 is 2.07 bits per heavy atom. The summed E-state index contributed by atoms with van der Waals surface area (Å²) in [6.07, 6.45) is 0. The van der Waals surface area contributed by atoms with Gasteiger partial charge >= 0.3 is 5.97 Å². The van der Waals surface area contributed by atoms with E-state index >= 15 is 0 Å². The van der Waals surface area contributed by atoms with Gasteiger partial charge in [-0.2, -0.15) is 0 Å². The zero-order chi connectivity index (χ0) is 10.7. The average molecular weight is 216 g/mol. The molecular weight excluding hydrogens is 210 g/mol. The summed E-state index contributed by atoms with van der Waals surface area (Å²) in [5.41, 5.74) is -0.422. The van der Waals surface area contributed by atoms with Crippen LogP contribution < -0.4 is 0 Å². The van der Waals surface area contributed by atoms with Gasteiger partial charge in [0.05, 0.1) is 5.02 Å². The number of aliphatic carboxylic acids is 1. The zero-order valence-corrected chi connectivity index (χ0v) is 7.56. The van der Waals surface area contributed by atoms with Gasteiger partial charge in [-0.25, -0.2) is 4.79 Å². The number of carboxylic acid groups (broad SMARTS) is 1. The number of phenols is 1. The predicted molar refractivity (Wildman–Crippen MR) is 49.1 cm³/mol. The van der Waals surface area contributed by atoms with Gasteiger partial charge in [0, 0.05) is 5.56 Å². The van der Waals surface area contributed by atoms with E-state index in [0.717, 1.165) is 0 Å². The first-order chi connectivity index (χ1) is 6.56. The molecule has 0 radical (unpaired) electrons. The molecule has 1 rings (SSSR count). The number of rotatable bonds is 2. The van der Waals surface area contributed by atoms with E-state index in [2.05, 4.69) is 5.16 Å². The molecular formula is C8H6ClNO4. The summed E-state index contributed by atoms with van der Waals surface area (Å²) in [5.74, 6) is -1.55. The van der Waals surface area contributed by atoms with Crippen LogP contribution in [-0.2, 0) is 4.79 Å². The van der Waals surface area contributed by atoms with Crippen LogP contribution >= 0.6 is 11.6 Å². The van der Waals surface area contributed by atoms with E-state index in [0.29, 0.717) is 0 Å². The number of hydrogen-bond donors (Lipinski definition) is 3. The third-order valence-corrected chi connectivity index (χ3v) is 1.83. The van der Waals surface area contributed by atoms with Crippen molar-refractivity contribution < 1.29 is 20.2 Å². The second kappa shape index (κ2) is 3.97. The van der Waals surface area contributed by atoms with Crippen LogP contribution in [0.5, 0.6) is 5.75 Å². The van der Waals surface area contributed by atoms with Crippen molar-refractivity contribution in [2.75, 3.05) is 0 Å². The molecule has 0 aliphatic rings. The molecule has 0 amide bonds. The second-order valence-corrected chi connectivity index (χ2v) is 2.83. The maximum Gasteiger partial charge on any atom is 0.358 e. The van der Waals surface area contributed by atoms with E-state index in [1.165, 1.54) is 18.2 Å². The van der Waals surface area contributed by atoms with Gasteiger partial charge in [-0.15, -0.1) is 0 Å². The molecule has 6 heteroatoms. The fourth-order valence-electron chi connectivity index (χ4n) is 0.878. The summed E-state index contributed by atoms with van der Waals surface area (Å²) >= 11 is 5.54. The zero-order valence-electron chi connectivity index (χ0n) is 6.81. The molecule has 74 valence electrons. The van der Waals surface area contributed by atoms with Crippen LogP contribution in [0, 0.1) is 0 Å². The lowest BCUT2D eigenvalue weighted by atomic mass is 10.1. The fraction of sp³-hybridized carbons (Fsp3) is 0. The van der Waals surface area contributed by atoms with Gasteiger partial charge in [-0.1, -0.05) is 16.8 Å². The number of halogens is 1. The van der Waals surface area contributed by atoms with Crippen molar-refractivity contribution >= 4 is 23.3 Å². The summed E-state index contributed by atoms with van der Waals surface area (Å²) in [7, 11) is 0. The molecule has 0 saturated carbocycles. The molecule has 3 N–H and O–H groups in total. The van der Waals surface area contributed by atoms with E-state index < -0.39 is 11.7 Å². The monoisotopic (exact) mass is 215 g/mol. The first-order valence-corrected chi connectivity index (χ1v) is 3.88. The van der Waals surface area contributed by atoms with Gasteiger partial charge in [-0.3, -0.25) is 0 Å². The van der Waals surface area contributed by atoms with Crippen LogP contribution in [-0.4, -0.2) is 27.1 Å². The number of aromatic hydroxyl groups is 1. The van der Waals surface area contributed by atoms with Gasteiger partial charge < -0.3 is 15.4 Å². The van der Waals surface area contributed by atoms with Crippen molar-refractivity contribution in [3.05, 3.63) is 28.8 Å². The maximum atomic E-state index is 10.5. The number of oxime groups is 1. The van der Waals surface area contributed by atoms with Crippen molar-refractivity contribution in [3.8, 4) is 5.75 Å². The third-order valence-electron chi connectivity index (χ3n) is 1.52. The molecule has 5 nitrogen and oxygen atoms in total. The largest absolute Gasteiger partial charge is 0.506 e. The third kappa shape index (κ3) is 1.94. The first kappa shape index (κ1) is 10.3. The molecule has 0 heterocycles. The normalized spacial score (nSPS) is 11.4. The number of carbonyl (C=O) groups is 1. The molecule has 0 fully saturated rings. The van der Waals surface area contributed by atoms with E-state index in [-0.39, 0.29) is 16.3 Å². The lowest BCUT2D eigenvalue weighted by molar-refractivity contribution is -0.129. The maximum absolute atomic E-state index is 10.5. The number of carboxylic acids is 1. The highest BCUT2D eigenvalue weighted by Crippen LogP contribution is 2.23. The molecule has 0 aliphatic carbocycles. The molecule has 0 aliphatic heterocycles. The summed E-state index contributed by atoms with van der Waals surface area (Å²) in [6, 6.07) is 3.69. The van der Waals surface area contributed by atoms with Crippen molar-refractivity contribution in [3.63, 3.8) is 0 Å². The van der Waals surface area contributed by atoms with Crippen molar-refractivity contribution in [2.45, 2.75) is 0 Å². The molecule has 0 bridgehead atoms. The Morgan fingerprint density at radius 1 is 1.43 bits per heavy atom. The Kier molecular flexibility index (Phi) is 2.93. The van der Waals surface area contributed by atoms with Crippen molar-refractivity contribution in [1.82, 2.24) is 0 Å². The molecule has 0 saturated heterocycles. The molecule has 1 aromatic rings. The summed E-state index contributed by atoms with van der Waals surface area (Å²) in [5, 5.41) is 28.7. The van der Waals surface area contributed by atoms with Crippen LogP contribution in [0.1, 0.15) is 5.56 Å². The predicted octanol–water partition coefficient (Wildman–Crippen LogP) is 1.31. The highest BCUT2D eigenvalue weighted by atomic mass is 35.5. The Labute approximate surface area is 83.9 Å². The second-order valence-electron chi connectivity index (χ2n) is 2.42. The lowest BCUT2D eigenvalue weighted by Crippen LogP contribution is -2.14. The van der Waals surface area contributed by atoms with Crippen molar-refractivity contribution in [1.29, 1.82) is 0 Å². The van der Waals surface area contributed by atoms with Crippen LogP contribution in [0.15, 0.2) is 23.4 Å². The molecule has 0 unspecified atom stereocenters.